The molecule has 0 aliphatic rings. The number of hydrogen-bond acceptors (Lipinski definition) is 4. The number of hydrogen-bond donors (Lipinski definition) is 1. The van der Waals surface area contributed by atoms with Gasteiger partial charge in [0.1, 0.15) is 6.42 Å². The highest BCUT2D eigenvalue weighted by molar-refractivity contribution is 7.14. The first kappa shape index (κ1) is 15.0. The van der Waals surface area contributed by atoms with Crippen molar-refractivity contribution in [3.63, 3.8) is 0 Å². The second kappa shape index (κ2) is 5.93. The second-order valence-corrected chi connectivity index (χ2v) is 4.82. The van der Waals surface area contributed by atoms with Gasteiger partial charge in [-0.1, -0.05) is 18.2 Å². The molecule has 4 nitrogen and oxygen atoms in total. The van der Waals surface area contributed by atoms with Crippen LogP contribution in [0.3, 0.4) is 0 Å². The van der Waals surface area contributed by atoms with Crippen molar-refractivity contribution in [3.8, 4) is 17.3 Å². The van der Waals surface area contributed by atoms with E-state index in [1.807, 2.05) is 0 Å². The van der Waals surface area contributed by atoms with E-state index in [4.69, 9.17) is 5.26 Å². The van der Waals surface area contributed by atoms with E-state index in [-0.39, 0.29) is 22.8 Å². The number of carbonyl (C=O) groups is 1. The van der Waals surface area contributed by atoms with Crippen LogP contribution in [0.4, 0.5) is 18.3 Å². The van der Waals surface area contributed by atoms with Crippen LogP contribution in [0.25, 0.3) is 11.3 Å². The molecule has 1 aromatic carbocycles. The number of thiazole rings is 1. The lowest BCUT2D eigenvalue weighted by atomic mass is 10.1. The smallest absolute Gasteiger partial charge is 0.301 e. The summed E-state index contributed by atoms with van der Waals surface area (Å²) >= 11 is 0.998. The van der Waals surface area contributed by atoms with Gasteiger partial charge in [-0.2, -0.15) is 18.4 Å². The summed E-state index contributed by atoms with van der Waals surface area (Å²) < 4.78 is 38.8. The SMILES string of the molecule is N#CCC(=O)Nc1nc(-c2ccccc2C(F)(F)F)cs1. The van der Waals surface area contributed by atoms with Gasteiger partial charge in [-0.25, -0.2) is 4.98 Å². The molecule has 1 N–H and O–H groups in total. The Morgan fingerprint density at radius 1 is 1.38 bits per heavy atom. The monoisotopic (exact) mass is 311 g/mol. The molecule has 0 radical (unpaired) electrons. The molecule has 0 spiro atoms. The van der Waals surface area contributed by atoms with Crippen LogP contribution in [0.15, 0.2) is 29.6 Å². The van der Waals surface area contributed by atoms with Gasteiger partial charge in [0.25, 0.3) is 0 Å². The van der Waals surface area contributed by atoms with Gasteiger partial charge in [-0.3, -0.25) is 4.79 Å². The Bertz CT molecular complexity index is 703. The second-order valence-electron chi connectivity index (χ2n) is 3.96. The Labute approximate surface area is 121 Å². The predicted octanol–water partition coefficient (Wildman–Crippen LogP) is 3.68. The highest BCUT2D eigenvalue weighted by Crippen LogP contribution is 2.37. The van der Waals surface area contributed by atoms with Crippen LogP contribution in [0.1, 0.15) is 12.0 Å². The summed E-state index contributed by atoms with van der Waals surface area (Å²) in [5.41, 5.74) is -0.715. The first-order valence-corrected chi connectivity index (χ1v) is 6.58. The zero-order chi connectivity index (χ0) is 15.5. The van der Waals surface area contributed by atoms with E-state index in [2.05, 4.69) is 10.3 Å². The average molecular weight is 311 g/mol. The number of nitriles is 1. The third kappa shape index (κ3) is 3.58. The summed E-state index contributed by atoms with van der Waals surface area (Å²) in [5, 5.41) is 12.3. The van der Waals surface area contributed by atoms with Crippen LogP contribution in [0.5, 0.6) is 0 Å². The summed E-state index contributed by atoms with van der Waals surface area (Å²) in [6.45, 7) is 0. The van der Waals surface area contributed by atoms with Crippen LogP contribution in [0, 0.1) is 11.3 Å². The lowest BCUT2D eigenvalue weighted by Crippen LogP contribution is -2.10. The minimum atomic E-state index is -4.48. The molecule has 2 aromatic rings. The van der Waals surface area contributed by atoms with E-state index in [0.29, 0.717) is 0 Å². The molecular formula is C13H8F3N3OS. The maximum atomic E-state index is 12.9. The average Bonchev–Trinajstić information content (AvgIpc) is 2.86. The summed E-state index contributed by atoms with van der Waals surface area (Å²) in [6.07, 6.45) is -4.82. The molecule has 0 fully saturated rings. The Morgan fingerprint density at radius 3 is 2.76 bits per heavy atom. The van der Waals surface area contributed by atoms with E-state index >= 15 is 0 Å². The maximum Gasteiger partial charge on any atom is 0.417 e. The quantitative estimate of drug-likeness (QED) is 0.940. The Hall–Kier alpha value is -2.40. The van der Waals surface area contributed by atoms with Crippen molar-refractivity contribution >= 4 is 22.4 Å². The van der Waals surface area contributed by atoms with E-state index in [0.717, 1.165) is 17.4 Å². The molecule has 0 aliphatic carbocycles. The molecule has 1 heterocycles. The molecule has 0 bridgehead atoms. The molecule has 0 unspecified atom stereocenters. The molecule has 0 saturated carbocycles. The minimum absolute atomic E-state index is 0.0537. The third-order valence-corrected chi connectivity index (χ3v) is 3.26. The van der Waals surface area contributed by atoms with Crippen molar-refractivity contribution in [3.05, 3.63) is 35.2 Å². The summed E-state index contributed by atoms with van der Waals surface area (Å²) in [6, 6.07) is 6.75. The third-order valence-electron chi connectivity index (χ3n) is 2.50. The Balaban J connectivity index is 2.31. The predicted molar refractivity (Wildman–Crippen MR) is 71.4 cm³/mol. The van der Waals surface area contributed by atoms with Crippen LogP contribution in [-0.2, 0) is 11.0 Å². The van der Waals surface area contributed by atoms with Crippen molar-refractivity contribution in [1.29, 1.82) is 5.26 Å². The minimum Gasteiger partial charge on any atom is -0.301 e. The van der Waals surface area contributed by atoms with Gasteiger partial charge >= 0.3 is 6.18 Å². The molecule has 1 aromatic heterocycles. The van der Waals surface area contributed by atoms with Gasteiger partial charge in [0.05, 0.1) is 17.3 Å². The highest BCUT2D eigenvalue weighted by atomic mass is 32.1. The molecule has 2 rings (SSSR count). The van der Waals surface area contributed by atoms with Gasteiger partial charge in [0, 0.05) is 10.9 Å². The summed E-state index contributed by atoms with van der Waals surface area (Å²) in [7, 11) is 0. The zero-order valence-electron chi connectivity index (χ0n) is 10.4. The lowest BCUT2D eigenvalue weighted by Gasteiger charge is -2.10. The van der Waals surface area contributed by atoms with Crippen LogP contribution in [-0.4, -0.2) is 10.9 Å². The number of nitrogens with zero attached hydrogens (tertiary/aromatic N) is 2. The van der Waals surface area contributed by atoms with Crippen molar-refractivity contribution in [2.75, 3.05) is 5.32 Å². The van der Waals surface area contributed by atoms with Crippen LogP contribution < -0.4 is 5.32 Å². The van der Waals surface area contributed by atoms with Crippen molar-refractivity contribution in [2.24, 2.45) is 0 Å². The highest BCUT2D eigenvalue weighted by Gasteiger charge is 2.33. The van der Waals surface area contributed by atoms with Gasteiger partial charge in [0.15, 0.2) is 5.13 Å². The maximum absolute atomic E-state index is 12.9. The number of anilines is 1. The topological polar surface area (TPSA) is 65.8 Å². The first-order valence-electron chi connectivity index (χ1n) is 5.70. The fourth-order valence-corrected chi connectivity index (χ4v) is 2.37. The van der Waals surface area contributed by atoms with Crippen molar-refractivity contribution < 1.29 is 18.0 Å². The normalized spacial score (nSPS) is 11.0. The van der Waals surface area contributed by atoms with Gasteiger partial charge in [-0.15, -0.1) is 11.3 Å². The van der Waals surface area contributed by atoms with E-state index in [1.165, 1.54) is 23.6 Å². The number of amides is 1. The number of halogens is 3. The number of nitrogens with one attached hydrogen (secondary N) is 1. The molecule has 21 heavy (non-hydrogen) atoms. The molecule has 0 saturated heterocycles. The number of aromatic nitrogens is 1. The molecule has 0 aliphatic heterocycles. The molecular weight excluding hydrogens is 303 g/mol. The van der Waals surface area contributed by atoms with Crippen LogP contribution >= 0.6 is 11.3 Å². The first-order chi connectivity index (χ1) is 9.91. The number of carbonyl (C=O) groups excluding carboxylic acids is 1. The molecule has 0 atom stereocenters. The summed E-state index contributed by atoms with van der Waals surface area (Å²) in [5.74, 6) is -0.553. The lowest BCUT2D eigenvalue weighted by molar-refractivity contribution is -0.137. The molecule has 8 heteroatoms. The Morgan fingerprint density at radius 2 is 2.10 bits per heavy atom. The van der Waals surface area contributed by atoms with E-state index in [9.17, 15) is 18.0 Å². The number of alkyl halides is 3. The Kier molecular flexibility index (Phi) is 4.23. The molecule has 1 amide bonds. The zero-order valence-corrected chi connectivity index (χ0v) is 11.3. The van der Waals surface area contributed by atoms with Gasteiger partial charge in [-0.05, 0) is 6.07 Å². The van der Waals surface area contributed by atoms with E-state index < -0.39 is 17.6 Å². The number of rotatable bonds is 3. The van der Waals surface area contributed by atoms with Crippen molar-refractivity contribution in [2.45, 2.75) is 12.6 Å². The largest absolute Gasteiger partial charge is 0.417 e. The number of benzene rings is 1. The molecule has 108 valence electrons. The van der Waals surface area contributed by atoms with Crippen molar-refractivity contribution in [1.82, 2.24) is 4.98 Å². The fraction of sp³-hybridized carbons (Fsp3) is 0.154. The fourth-order valence-electron chi connectivity index (χ4n) is 1.64. The van der Waals surface area contributed by atoms with Gasteiger partial charge < -0.3 is 5.32 Å². The van der Waals surface area contributed by atoms with E-state index in [1.54, 1.807) is 6.07 Å². The standard InChI is InChI=1S/C13H8F3N3OS/c14-13(15,16)9-4-2-1-3-8(9)10-7-21-12(18-10)19-11(20)5-6-17/h1-4,7H,5H2,(H,18,19,20). The van der Waals surface area contributed by atoms with Gasteiger partial charge in [0.2, 0.25) is 5.91 Å². The van der Waals surface area contributed by atoms with Crippen LogP contribution in [0.2, 0.25) is 0 Å². The summed E-state index contributed by atoms with van der Waals surface area (Å²) in [4.78, 5) is 15.2.